The number of para-hydroxylation sites is 2. The predicted octanol–water partition coefficient (Wildman–Crippen LogP) is 3.62. The number of ether oxygens (including phenoxy) is 2. The topological polar surface area (TPSA) is 38.8 Å². The van der Waals surface area contributed by atoms with Crippen molar-refractivity contribution in [2.24, 2.45) is 0 Å². The Bertz CT molecular complexity index is 776. The molecule has 1 aliphatic rings. The average molecular weight is 351 g/mol. The van der Waals surface area contributed by atoms with Gasteiger partial charge in [-0.15, -0.1) is 0 Å². The number of amides is 1. The number of carbonyl (C=O) groups excluding carboxylic acids is 1. The Hall–Kier alpha value is -2.70. The van der Waals surface area contributed by atoms with Crippen LogP contribution in [0.2, 0.25) is 0 Å². The van der Waals surface area contributed by atoms with E-state index in [0.29, 0.717) is 11.5 Å². The summed E-state index contributed by atoms with van der Waals surface area (Å²) in [5.74, 6) is 0.445. The van der Waals surface area contributed by atoms with E-state index in [-0.39, 0.29) is 18.7 Å². The molecule has 7 heteroatoms. The van der Waals surface area contributed by atoms with Crippen molar-refractivity contribution in [2.75, 3.05) is 20.2 Å². The standard InChI is InChI=1S/C18H16F3NO3/c1-22(10-12-11-24-15-8-4-5-9-16(15)25-12)17(23)13-6-2-3-7-14(13)18(19,20)21/h2-9,12H,10-11H2,1H3. The SMILES string of the molecule is CN(CC1COc2ccccc2O1)C(=O)c1ccccc1C(F)(F)F. The Balaban J connectivity index is 1.72. The van der Waals surface area contributed by atoms with E-state index < -0.39 is 23.8 Å². The van der Waals surface area contributed by atoms with Crippen molar-refractivity contribution in [3.05, 3.63) is 59.7 Å². The molecule has 2 aromatic carbocycles. The zero-order valence-electron chi connectivity index (χ0n) is 13.4. The molecule has 0 bridgehead atoms. The van der Waals surface area contributed by atoms with E-state index in [1.165, 1.54) is 30.1 Å². The third kappa shape index (κ3) is 3.70. The van der Waals surface area contributed by atoms with Gasteiger partial charge in [0.2, 0.25) is 0 Å². The number of rotatable bonds is 3. The summed E-state index contributed by atoms with van der Waals surface area (Å²) in [6.07, 6.45) is -5.04. The maximum absolute atomic E-state index is 13.1. The van der Waals surface area contributed by atoms with Crippen LogP contribution in [-0.2, 0) is 6.18 Å². The van der Waals surface area contributed by atoms with Crippen LogP contribution in [0.1, 0.15) is 15.9 Å². The molecule has 3 rings (SSSR count). The summed E-state index contributed by atoms with van der Waals surface area (Å²) < 4.78 is 50.5. The molecule has 0 N–H and O–H groups in total. The van der Waals surface area contributed by atoms with Crippen molar-refractivity contribution >= 4 is 5.91 Å². The summed E-state index contributed by atoms with van der Waals surface area (Å²) in [7, 11) is 1.44. The van der Waals surface area contributed by atoms with Crippen LogP contribution in [0.15, 0.2) is 48.5 Å². The first-order valence-electron chi connectivity index (χ1n) is 7.66. The highest BCUT2D eigenvalue weighted by atomic mass is 19.4. The summed E-state index contributed by atoms with van der Waals surface area (Å²) in [6.45, 7) is 0.328. The van der Waals surface area contributed by atoms with Gasteiger partial charge in [-0.05, 0) is 24.3 Å². The number of carbonyl (C=O) groups is 1. The van der Waals surface area contributed by atoms with E-state index in [0.717, 1.165) is 6.07 Å². The molecule has 0 spiro atoms. The van der Waals surface area contributed by atoms with Gasteiger partial charge in [-0.25, -0.2) is 0 Å². The Morgan fingerprint density at radius 2 is 1.76 bits per heavy atom. The summed E-state index contributed by atoms with van der Waals surface area (Å²) >= 11 is 0. The summed E-state index contributed by atoms with van der Waals surface area (Å²) in [6, 6.07) is 11.8. The highest BCUT2D eigenvalue weighted by Gasteiger charge is 2.36. The minimum Gasteiger partial charge on any atom is -0.486 e. The van der Waals surface area contributed by atoms with E-state index >= 15 is 0 Å². The van der Waals surface area contributed by atoms with Gasteiger partial charge in [0.15, 0.2) is 17.6 Å². The van der Waals surface area contributed by atoms with Crippen LogP contribution >= 0.6 is 0 Å². The first-order chi connectivity index (χ1) is 11.9. The van der Waals surface area contributed by atoms with Gasteiger partial charge in [-0.3, -0.25) is 4.79 Å². The van der Waals surface area contributed by atoms with Crippen LogP contribution in [0.4, 0.5) is 13.2 Å². The molecule has 0 aromatic heterocycles. The largest absolute Gasteiger partial charge is 0.486 e. The van der Waals surface area contributed by atoms with Gasteiger partial charge in [0.05, 0.1) is 17.7 Å². The van der Waals surface area contributed by atoms with Crippen LogP contribution in [0.25, 0.3) is 0 Å². The number of alkyl halides is 3. The molecule has 2 aromatic rings. The lowest BCUT2D eigenvalue weighted by atomic mass is 10.1. The maximum Gasteiger partial charge on any atom is 0.417 e. The van der Waals surface area contributed by atoms with Crippen LogP contribution in [-0.4, -0.2) is 37.1 Å². The quantitative estimate of drug-likeness (QED) is 0.848. The smallest absolute Gasteiger partial charge is 0.417 e. The van der Waals surface area contributed by atoms with Gasteiger partial charge >= 0.3 is 6.18 Å². The normalized spacial score (nSPS) is 16.4. The number of hydrogen-bond acceptors (Lipinski definition) is 3. The average Bonchev–Trinajstić information content (AvgIpc) is 2.60. The van der Waals surface area contributed by atoms with Crippen molar-refractivity contribution < 1.29 is 27.4 Å². The van der Waals surface area contributed by atoms with Crippen molar-refractivity contribution in [1.29, 1.82) is 0 Å². The summed E-state index contributed by atoms with van der Waals surface area (Å²) in [5.41, 5.74) is -1.33. The molecular weight excluding hydrogens is 335 g/mol. The molecule has 0 saturated heterocycles. The number of halogens is 3. The Morgan fingerprint density at radius 3 is 2.48 bits per heavy atom. The second kappa shape index (κ2) is 6.66. The molecule has 1 atom stereocenters. The zero-order chi connectivity index (χ0) is 18.0. The van der Waals surface area contributed by atoms with E-state index in [9.17, 15) is 18.0 Å². The molecule has 0 radical (unpaired) electrons. The maximum atomic E-state index is 13.1. The van der Waals surface area contributed by atoms with Crippen molar-refractivity contribution in [2.45, 2.75) is 12.3 Å². The van der Waals surface area contributed by atoms with Gasteiger partial charge in [0.1, 0.15) is 6.61 Å². The Kier molecular flexibility index (Phi) is 4.57. The molecule has 1 heterocycles. The first-order valence-corrected chi connectivity index (χ1v) is 7.66. The summed E-state index contributed by atoms with van der Waals surface area (Å²) in [5, 5.41) is 0. The monoisotopic (exact) mass is 351 g/mol. The lowest BCUT2D eigenvalue weighted by molar-refractivity contribution is -0.138. The second-order valence-corrected chi connectivity index (χ2v) is 5.73. The molecule has 1 aliphatic heterocycles. The molecular formula is C18H16F3NO3. The number of likely N-dealkylation sites (N-methyl/N-ethyl adjacent to an activating group) is 1. The fourth-order valence-corrected chi connectivity index (χ4v) is 2.66. The van der Waals surface area contributed by atoms with Gasteiger partial charge in [-0.2, -0.15) is 13.2 Å². The van der Waals surface area contributed by atoms with Crippen LogP contribution < -0.4 is 9.47 Å². The second-order valence-electron chi connectivity index (χ2n) is 5.73. The lowest BCUT2D eigenvalue weighted by Gasteiger charge is -2.30. The fraction of sp³-hybridized carbons (Fsp3) is 0.278. The molecule has 25 heavy (non-hydrogen) atoms. The molecule has 1 amide bonds. The van der Waals surface area contributed by atoms with Gasteiger partial charge < -0.3 is 14.4 Å². The van der Waals surface area contributed by atoms with Crippen molar-refractivity contribution in [3.8, 4) is 11.5 Å². The Labute approximate surface area is 142 Å². The predicted molar refractivity (Wildman–Crippen MR) is 84.8 cm³/mol. The number of fused-ring (bicyclic) bond motifs is 1. The van der Waals surface area contributed by atoms with E-state index in [2.05, 4.69) is 0 Å². The van der Waals surface area contributed by atoms with Crippen LogP contribution in [0.3, 0.4) is 0 Å². The number of hydrogen-bond donors (Lipinski definition) is 0. The van der Waals surface area contributed by atoms with E-state index in [4.69, 9.17) is 9.47 Å². The highest BCUT2D eigenvalue weighted by Crippen LogP contribution is 2.33. The lowest BCUT2D eigenvalue weighted by Crippen LogP contribution is -2.42. The van der Waals surface area contributed by atoms with Crippen molar-refractivity contribution in [1.82, 2.24) is 4.90 Å². The van der Waals surface area contributed by atoms with Crippen LogP contribution in [0, 0.1) is 0 Å². The Morgan fingerprint density at radius 1 is 1.12 bits per heavy atom. The van der Waals surface area contributed by atoms with Crippen LogP contribution in [0.5, 0.6) is 11.5 Å². The number of benzene rings is 2. The minimum atomic E-state index is -4.59. The van der Waals surface area contributed by atoms with Gasteiger partial charge in [-0.1, -0.05) is 24.3 Å². The molecule has 0 aliphatic carbocycles. The van der Waals surface area contributed by atoms with E-state index in [1.807, 2.05) is 6.07 Å². The number of nitrogens with zero attached hydrogens (tertiary/aromatic N) is 1. The van der Waals surface area contributed by atoms with Crippen molar-refractivity contribution in [3.63, 3.8) is 0 Å². The fourth-order valence-electron chi connectivity index (χ4n) is 2.66. The molecule has 0 fully saturated rings. The third-order valence-electron chi connectivity index (χ3n) is 3.85. The molecule has 4 nitrogen and oxygen atoms in total. The molecule has 1 unspecified atom stereocenters. The highest BCUT2D eigenvalue weighted by molar-refractivity contribution is 5.95. The third-order valence-corrected chi connectivity index (χ3v) is 3.85. The first kappa shape index (κ1) is 17.1. The van der Waals surface area contributed by atoms with Gasteiger partial charge in [0.25, 0.3) is 5.91 Å². The van der Waals surface area contributed by atoms with E-state index in [1.54, 1.807) is 18.2 Å². The van der Waals surface area contributed by atoms with Gasteiger partial charge in [0, 0.05) is 7.05 Å². The molecule has 132 valence electrons. The molecule has 0 saturated carbocycles. The zero-order valence-corrected chi connectivity index (χ0v) is 13.4. The summed E-state index contributed by atoms with van der Waals surface area (Å²) in [4.78, 5) is 13.7. The minimum absolute atomic E-state index is 0.110.